The highest BCUT2D eigenvalue weighted by Gasteiger charge is 2.27. The monoisotopic (exact) mass is 732 g/mol. The third kappa shape index (κ3) is 9.72. The van der Waals surface area contributed by atoms with E-state index in [-0.39, 0.29) is 43.8 Å². The number of primary amides is 1. The van der Waals surface area contributed by atoms with Crippen LogP contribution in [-0.2, 0) is 38.4 Å². The van der Waals surface area contributed by atoms with Gasteiger partial charge in [0.1, 0.15) is 12.1 Å². The molecule has 282 valence electrons. The maximum Gasteiger partial charge on any atom is 0.255 e. The number of hydrogen-bond acceptors (Lipinski definition) is 8. The Hall–Kier alpha value is -5.95. The number of aromatic nitrogens is 2. The van der Waals surface area contributed by atoms with Crippen molar-refractivity contribution in [2.24, 2.45) is 11.5 Å². The molecule has 54 heavy (non-hydrogen) atoms. The molecule has 1 unspecified atom stereocenters. The molecule has 3 aromatic carbocycles. The van der Waals surface area contributed by atoms with Crippen LogP contribution in [0.3, 0.4) is 0 Å². The summed E-state index contributed by atoms with van der Waals surface area (Å²) in [6.45, 7) is 7.27. The average molecular weight is 733 g/mol. The van der Waals surface area contributed by atoms with Crippen LogP contribution in [0.25, 0.3) is 22.5 Å². The van der Waals surface area contributed by atoms with Crippen LogP contribution in [0.2, 0.25) is 0 Å². The van der Waals surface area contributed by atoms with Gasteiger partial charge in [0.25, 0.3) is 5.91 Å². The highest BCUT2D eigenvalue weighted by Crippen LogP contribution is 2.34. The van der Waals surface area contributed by atoms with Crippen molar-refractivity contribution in [3.63, 3.8) is 0 Å². The molecular formula is C41H48N8O5. The lowest BCUT2D eigenvalue weighted by atomic mass is 9.93. The Labute approximate surface area is 315 Å². The number of fused-ring (bicyclic) bond motifs is 5. The van der Waals surface area contributed by atoms with E-state index in [1.807, 2.05) is 37.3 Å². The summed E-state index contributed by atoms with van der Waals surface area (Å²) in [5.74, 6) is -2.14. The molecule has 2 heterocycles. The number of carbonyl (C=O) groups excluding carboxylic acids is 5. The van der Waals surface area contributed by atoms with Gasteiger partial charge in [0.2, 0.25) is 23.6 Å². The zero-order valence-electron chi connectivity index (χ0n) is 31.2. The molecule has 0 radical (unpaired) electrons. The molecule has 0 fully saturated rings. The molecule has 0 aliphatic carbocycles. The first-order valence-electron chi connectivity index (χ1n) is 18.2. The van der Waals surface area contributed by atoms with Crippen LogP contribution in [-0.4, -0.2) is 64.7 Å². The maximum absolute atomic E-state index is 14.0. The van der Waals surface area contributed by atoms with Gasteiger partial charge in [-0.15, -0.1) is 0 Å². The first-order valence-corrected chi connectivity index (χ1v) is 18.2. The highest BCUT2D eigenvalue weighted by atomic mass is 16.2. The Kier molecular flexibility index (Phi) is 12.9. The molecule has 1 aliphatic rings. The van der Waals surface area contributed by atoms with Crippen molar-refractivity contribution in [1.82, 2.24) is 25.9 Å². The molecule has 8 N–H and O–H groups in total. The van der Waals surface area contributed by atoms with Crippen molar-refractivity contribution < 1.29 is 24.0 Å². The number of benzene rings is 3. The molecule has 0 saturated carbocycles. The molecule has 1 aliphatic heterocycles. The lowest BCUT2D eigenvalue weighted by molar-refractivity contribution is -0.128. The van der Waals surface area contributed by atoms with Crippen molar-refractivity contribution >= 4 is 35.2 Å². The number of hydrogen-bond donors (Lipinski definition) is 6. The summed E-state index contributed by atoms with van der Waals surface area (Å²) >= 11 is 0. The van der Waals surface area contributed by atoms with E-state index in [9.17, 15) is 24.0 Å². The average Bonchev–Trinajstić information content (AvgIpc) is 3.13. The van der Waals surface area contributed by atoms with Crippen LogP contribution in [0.5, 0.6) is 0 Å². The number of nitrogens with two attached hydrogens (primary N) is 2. The molecule has 0 saturated heterocycles. The van der Waals surface area contributed by atoms with Gasteiger partial charge in [-0.05, 0) is 80.5 Å². The minimum atomic E-state index is -1.04. The first kappa shape index (κ1) is 39.3. The normalized spacial score (nSPS) is 14.9. The Morgan fingerprint density at radius 3 is 2.31 bits per heavy atom. The topological polar surface area (TPSA) is 211 Å². The maximum atomic E-state index is 14.0. The lowest BCUT2D eigenvalue weighted by Crippen LogP contribution is -2.49. The van der Waals surface area contributed by atoms with Gasteiger partial charge in [-0.25, -0.2) is 9.97 Å². The fraction of sp³-hybridized carbons (Fsp3) is 0.341. The second kappa shape index (κ2) is 17.7. The minimum absolute atomic E-state index is 0.000191. The molecular weight excluding hydrogens is 685 g/mol. The van der Waals surface area contributed by atoms with E-state index < -0.39 is 35.7 Å². The summed E-state index contributed by atoms with van der Waals surface area (Å²) in [6.07, 6.45) is 3.46. The predicted octanol–water partition coefficient (Wildman–Crippen LogP) is 3.35. The predicted molar refractivity (Wildman–Crippen MR) is 207 cm³/mol. The van der Waals surface area contributed by atoms with Gasteiger partial charge in [0, 0.05) is 17.5 Å². The molecule has 5 rings (SSSR count). The molecule has 1 aromatic heterocycles. The van der Waals surface area contributed by atoms with Crippen molar-refractivity contribution in [1.29, 1.82) is 0 Å². The number of aryl methyl sites for hydroxylation is 4. The Morgan fingerprint density at radius 1 is 0.926 bits per heavy atom. The zero-order chi connectivity index (χ0) is 38.9. The molecule has 4 bridgehead atoms. The Morgan fingerprint density at radius 2 is 1.65 bits per heavy atom. The number of nitrogens with zero attached hydrogens (tertiary/aromatic N) is 2. The van der Waals surface area contributed by atoms with E-state index in [1.54, 1.807) is 32.0 Å². The van der Waals surface area contributed by atoms with Crippen LogP contribution >= 0.6 is 0 Å². The number of unbranched alkanes of at least 4 members (excludes halogenated alkanes) is 1. The fourth-order valence-corrected chi connectivity index (χ4v) is 6.60. The molecule has 2 atom stereocenters. The largest absolute Gasteiger partial charge is 0.368 e. The van der Waals surface area contributed by atoms with E-state index in [0.29, 0.717) is 50.7 Å². The quantitative estimate of drug-likeness (QED) is 0.134. The van der Waals surface area contributed by atoms with E-state index in [1.165, 1.54) is 5.56 Å². The van der Waals surface area contributed by atoms with Crippen LogP contribution in [0.1, 0.15) is 70.2 Å². The van der Waals surface area contributed by atoms with Crippen LogP contribution in [0.4, 0.5) is 5.69 Å². The molecule has 13 heteroatoms. The van der Waals surface area contributed by atoms with E-state index in [0.717, 1.165) is 24.8 Å². The van der Waals surface area contributed by atoms with E-state index in [4.69, 9.17) is 11.5 Å². The third-order valence-corrected chi connectivity index (χ3v) is 9.42. The van der Waals surface area contributed by atoms with Crippen LogP contribution in [0.15, 0.2) is 60.7 Å². The smallest absolute Gasteiger partial charge is 0.255 e. The van der Waals surface area contributed by atoms with Crippen molar-refractivity contribution in [2.45, 2.75) is 78.3 Å². The van der Waals surface area contributed by atoms with Crippen molar-refractivity contribution in [3.05, 3.63) is 99.9 Å². The standard InChI is InChI=1S/C41H48N8O5/c1-5-6-8-26-11-13-29(14-12-26)39-45-24(3)36(25(4)46-39)41(54)48-32(15-16-42)40(53)49-37-23(2)17-28-19-31(37)30-10-7-9-27(18-30)21-34(50)44-22-35(51)47-33(20-28)38(43)52/h7,9-14,17-19,32-33H,5-6,8,15-16,20-22,42H2,1-4H3,(H2,43,52)(H,44,50)(H,47,51)(H,48,54)(H,49,53)/t32-,33?/m0/s1. The molecule has 5 amide bonds. The van der Waals surface area contributed by atoms with Crippen molar-refractivity contribution in [2.75, 3.05) is 18.4 Å². The summed E-state index contributed by atoms with van der Waals surface area (Å²) in [5, 5.41) is 11.1. The molecule has 13 nitrogen and oxygen atoms in total. The van der Waals surface area contributed by atoms with E-state index >= 15 is 0 Å². The molecule has 0 spiro atoms. The third-order valence-electron chi connectivity index (χ3n) is 9.42. The van der Waals surface area contributed by atoms with Crippen molar-refractivity contribution in [3.8, 4) is 22.5 Å². The summed E-state index contributed by atoms with van der Waals surface area (Å²) in [6, 6.07) is 17.0. The summed E-state index contributed by atoms with van der Waals surface area (Å²) in [7, 11) is 0. The first-order chi connectivity index (χ1) is 25.9. The number of nitrogens with one attached hydrogen (secondary N) is 4. The SMILES string of the molecule is CCCCc1ccc(-c2nc(C)c(C(=O)N[C@@H](CCN)C(=O)Nc3c(C)cc4cc3-c3cccc(c3)CC(=O)NCC(=O)NC(C(N)=O)C4)c(C)n2)cc1. The number of amides is 5. The second-order valence-electron chi connectivity index (χ2n) is 13.7. The number of anilines is 1. The van der Waals surface area contributed by atoms with E-state index in [2.05, 4.69) is 50.3 Å². The van der Waals surface area contributed by atoms with Crippen LogP contribution < -0.4 is 32.7 Å². The highest BCUT2D eigenvalue weighted by molar-refractivity contribution is 6.04. The number of carbonyl (C=O) groups is 5. The Bertz CT molecular complexity index is 2040. The van der Waals surface area contributed by atoms with Gasteiger partial charge in [-0.1, -0.05) is 67.9 Å². The summed E-state index contributed by atoms with van der Waals surface area (Å²) < 4.78 is 0. The second-order valence-corrected chi connectivity index (χ2v) is 13.7. The van der Waals surface area contributed by atoms with Crippen LogP contribution in [0, 0.1) is 20.8 Å². The van der Waals surface area contributed by atoms with Gasteiger partial charge in [-0.3, -0.25) is 24.0 Å². The minimum Gasteiger partial charge on any atom is -0.368 e. The lowest BCUT2D eigenvalue weighted by Gasteiger charge is -2.23. The summed E-state index contributed by atoms with van der Waals surface area (Å²) in [5.41, 5.74) is 18.7. The van der Waals surface area contributed by atoms with Gasteiger partial charge in [0.15, 0.2) is 5.82 Å². The zero-order valence-corrected chi connectivity index (χ0v) is 31.2. The fourth-order valence-electron chi connectivity index (χ4n) is 6.60. The van der Waals surface area contributed by atoms with Gasteiger partial charge >= 0.3 is 0 Å². The van der Waals surface area contributed by atoms with Gasteiger partial charge in [-0.2, -0.15) is 0 Å². The number of rotatable bonds is 11. The van der Waals surface area contributed by atoms with Gasteiger partial charge in [0.05, 0.1) is 35.6 Å². The Balaban J connectivity index is 1.43. The summed E-state index contributed by atoms with van der Waals surface area (Å²) in [4.78, 5) is 74.7. The molecule has 4 aromatic rings. The van der Waals surface area contributed by atoms with Gasteiger partial charge < -0.3 is 32.7 Å².